The normalized spacial score (nSPS) is 18.3. The van der Waals surface area contributed by atoms with Crippen LogP contribution in [0.25, 0.3) is 0 Å². The number of methoxy groups -OCH3 is 1. The van der Waals surface area contributed by atoms with E-state index < -0.39 is 5.60 Å². The molecule has 2 rings (SSSR count). The first-order valence-electron chi connectivity index (χ1n) is 6.26. The molecule has 0 heterocycles. The maximum Gasteiger partial charge on any atom is 0.194 e. The molecule has 2 nitrogen and oxygen atoms in total. The topological polar surface area (TPSA) is 26.3 Å². The predicted octanol–water partition coefficient (Wildman–Crippen LogP) is 3.45. The quantitative estimate of drug-likeness (QED) is 0.746. The van der Waals surface area contributed by atoms with Gasteiger partial charge < -0.3 is 4.74 Å². The van der Waals surface area contributed by atoms with Crippen LogP contribution < -0.4 is 0 Å². The summed E-state index contributed by atoms with van der Waals surface area (Å²) in [7, 11) is 1.66. The van der Waals surface area contributed by atoms with E-state index >= 15 is 0 Å². The van der Waals surface area contributed by atoms with E-state index in [1.54, 1.807) is 7.11 Å². The molecule has 1 aliphatic carbocycles. The van der Waals surface area contributed by atoms with Crippen molar-refractivity contribution >= 4 is 5.78 Å². The van der Waals surface area contributed by atoms with Crippen LogP contribution in [0.1, 0.15) is 47.2 Å². The molecular weight excluding hydrogens is 212 g/mol. The average Bonchev–Trinajstić information content (AvgIpc) is 2.76. The SMILES string of the molecule is COC1(C(=O)c2cc(C)cc(C)c2)CCCC1. The van der Waals surface area contributed by atoms with Crippen molar-refractivity contribution in [2.24, 2.45) is 0 Å². The summed E-state index contributed by atoms with van der Waals surface area (Å²) in [5.74, 6) is 0.157. The minimum Gasteiger partial charge on any atom is -0.370 e. The number of benzene rings is 1. The molecule has 2 heteroatoms. The van der Waals surface area contributed by atoms with Gasteiger partial charge in [-0.2, -0.15) is 0 Å². The molecule has 0 aliphatic heterocycles. The third-order valence-corrected chi connectivity index (χ3v) is 3.70. The second kappa shape index (κ2) is 4.61. The number of ketones is 1. The van der Waals surface area contributed by atoms with E-state index in [-0.39, 0.29) is 5.78 Å². The van der Waals surface area contributed by atoms with Crippen molar-refractivity contribution in [2.75, 3.05) is 7.11 Å². The summed E-state index contributed by atoms with van der Waals surface area (Å²) in [6, 6.07) is 6.02. The van der Waals surface area contributed by atoms with Gasteiger partial charge in [-0.1, -0.05) is 17.2 Å². The molecular formula is C15H20O2. The summed E-state index contributed by atoms with van der Waals surface area (Å²) in [4.78, 5) is 12.6. The van der Waals surface area contributed by atoms with Crippen molar-refractivity contribution in [3.8, 4) is 0 Å². The average molecular weight is 232 g/mol. The fraction of sp³-hybridized carbons (Fsp3) is 0.533. The van der Waals surface area contributed by atoms with Gasteiger partial charge >= 0.3 is 0 Å². The van der Waals surface area contributed by atoms with Gasteiger partial charge in [-0.3, -0.25) is 4.79 Å². The van der Waals surface area contributed by atoms with E-state index in [1.165, 1.54) is 0 Å². The Morgan fingerprint density at radius 3 is 2.12 bits per heavy atom. The lowest BCUT2D eigenvalue weighted by atomic mass is 9.89. The van der Waals surface area contributed by atoms with E-state index in [9.17, 15) is 4.79 Å². The van der Waals surface area contributed by atoms with Crippen LogP contribution in [-0.4, -0.2) is 18.5 Å². The summed E-state index contributed by atoms with van der Waals surface area (Å²) >= 11 is 0. The van der Waals surface area contributed by atoms with Crippen LogP contribution in [0.15, 0.2) is 18.2 Å². The summed E-state index contributed by atoms with van der Waals surface area (Å²) in [6.45, 7) is 4.05. The van der Waals surface area contributed by atoms with Gasteiger partial charge in [0.2, 0.25) is 0 Å². The molecule has 1 aromatic carbocycles. The van der Waals surface area contributed by atoms with Crippen LogP contribution in [0.4, 0.5) is 0 Å². The fourth-order valence-corrected chi connectivity index (χ4v) is 2.84. The highest BCUT2D eigenvalue weighted by atomic mass is 16.5. The molecule has 0 spiro atoms. The molecule has 0 bridgehead atoms. The van der Waals surface area contributed by atoms with Crippen LogP contribution in [0.3, 0.4) is 0 Å². The Hall–Kier alpha value is -1.15. The van der Waals surface area contributed by atoms with Gasteiger partial charge in [0.15, 0.2) is 5.78 Å². The molecule has 0 amide bonds. The molecule has 1 aromatic rings. The van der Waals surface area contributed by atoms with E-state index in [4.69, 9.17) is 4.74 Å². The Balaban J connectivity index is 2.35. The van der Waals surface area contributed by atoms with E-state index in [0.29, 0.717) is 0 Å². The third kappa shape index (κ3) is 2.27. The molecule has 0 radical (unpaired) electrons. The number of carbonyl (C=O) groups excluding carboxylic acids is 1. The van der Waals surface area contributed by atoms with Crippen molar-refractivity contribution in [1.29, 1.82) is 0 Å². The summed E-state index contributed by atoms with van der Waals surface area (Å²) in [5, 5.41) is 0. The Labute approximate surface area is 103 Å². The Morgan fingerprint density at radius 2 is 1.65 bits per heavy atom. The van der Waals surface area contributed by atoms with Crippen molar-refractivity contribution in [3.05, 3.63) is 34.9 Å². The molecule has 1 fully saturated rings. The molecule has 0 saturated heterocycles. The van der Waals surface area contributed by atoms with Crippen molar-refractivity contribution in [3.63, 3.8) is 0 Å². The van der Waals surface area contributed by atoms with E-state index in [0.717, 1.165) is 42.4 Å². The summed E-state index contributed by atoms with van der Waals surface area (Å²) in [5.41, 5.74) is 2.52. The lowest BCUT2D eigenvalue weighted by Gasteiger charge is -2.26. The first-order chi connectivity index (χ1) is 8.07. The maximum atomic E-state index is 12.6. The highest BCUT2D eigenvalue weighted by Crippen LogP contribution is 2.35. The number of hydrogen-bond donors (Lipinski definition) is 0. The second-order valence-electron chi connectivity index (χ2n) is 5.11. The van der Waals surface area contributed by atoms with Gasteiger partial charge in [-0.05, 0) is 51.7 Å². The number of hydrogen-bond acceptors (Lipinski definition) is 2. The van der Waals surface area contributed by atoms with Gasteiger partial charge in [-0.15, -0.1) is 0 Å². The minimum atomic E-state index is -0.555. The van der Waals surface area contributed by atoms with Gasteiger partial charge in [0.25, 0.3) is 0 Å². The molecule has 1 saturated carbocycles. The highest BCUT2D eigenvalue weighted by Gasteiger charge is 2.41. The maximum absolute atomic E-state index is 12.6. The van der Waals surface area contributed by atoms with Gasteiger partial charge in [-0.25, -0.2) is 0 Å². The molecule has 0 unspecified atom stereocenters. The number of carbonyl (C=O) groups is 1. The van der Waals surface area contributed by atoms with E-state index in [1.807, 2.05) is 26.0 Å². The van der Waals surface area contributed by atoms with Gasteiger partial charge in [0.1, 0.15) is 5.60 Å². The molecule has 1 aliphatic rings. The zero-order valence-electron chi connectivity index (χ0n) is 10.9. The molecule has 92 valence electrons. The van der Waals surface area contributed by atoms with Crippen LogP contribution in [0.2, 0.25) is 0 Å². The van der Waals surface area contributed by atoms with E-state index in [2.05, 4.69) is 6.07 Å². The second-order valence-corrected chi connectivity index (χ2v) is 5.11. The summed E-state index contributed by atoms with van der Waals surface area (Å²) in [6.07, 6.45) is 3.89. The fourth-order valence-electron chi connectivity index (χ4n) is 2.84. The van der Waals surface area contributed by atoms with Gasteiger partial charge in [0.05, 0.1) is 0 Å². The van der Waals surface area contributed by atoms with Crippen molar-refractivity contribution < 1.29 is 9.53 Å². The standard InChI is InChI=1S/C15H20O2/c1-11-8-12(2)10-13(9-11)14(16)15(17-3)6-4-5-7-15/h8-10H,4-7H2,1-3H3. The largest absolute Gasteiger partial charge is 0.370 e. The molecule has 0 atom stereocenters. The van der Waals surface area contributed by atoms with Crippen LogP contribution in [0.5, 0.6) is 0 Å². The Kier molecular flexibility index (Phi) is 3.34. The monoisotopic (exact) mass is 232 g/mol. The lowest BCUT2D eigenvalue weighted by Crippen LogP contribution is -2.37. The van der Waals surface area contributed by atoms with Gasteiger partial charge in [0, 0.05) is 12.7 Å². The molecule has 0 N–H and O–H groups in total. The predicted molar refractivity (Wildman–Crippen MR) is 68.5 cm³/mol. The lowest BCUT2D eigenvalue weighted by molar-refractivity contribution is 0.00601. The first-order valence-corrected chi connectivity index (χ1v) is 6.26. The van der Waals surface area contributed by atoms with Crippen molar-refractivity contribution in [2.45, 2.75) is 45.1 Å². The first kappa shape index (κ1) is 12.3. The Bertz CT molecular complexity index is 408. The summed E-state index contributed by atoms with van der Waals surface area (Å²) < 4.78 is 5.55. The molecule has 17 heavy (non-hydrogen) atoms. The number of aryl methyl sites for hydroxylation is 2. The smallest absolute Gasteiger partial charge is 0.194 e. The number of ether oxygens (including phenoxy) is 1. The number of Topliss-reactive ketones (excluding diaryl/α,β-unsaturated/α-hetero) is 1. The zero-order valence-corrected chi connectivity index (χ0v) is 10.9. The Morgan fingerprint density at radius 1 is 1.12 bits per heavy atom. The molecule has 0 aromatic heterocycles. The van der Waals surface area contributed by atoms with Crippen molar-refractivity contribution in [1.82, 2.24) is 0 Å². The van der Waals surface area contributed by atoms with Crippen LogP contribution in [-0.2, 0) is 4.74 Å². The third-order valence-electron chi connectivity index (χ3n) is 3.70. The van der Waals surface area contributed by atoms with Crippen LogP contribution in [0, 0.1) is 13.8 Å². The van der Waals surface area contributed by atoms with Crippen LogP contribution >= 0.6 is 0 Å². The highest BCUT2D eigenvalue weighted by molar-refractivity contribution is 6.03. The zero-order chi connectivity index (χ0) is 12.5. The minimum absolute atomic E-state index is 0.157. The number of rotatable bonds is 3.